The van der Waals surface area contributed by atoms with E-state index in [1.807, 2.05) is 55.4 Å². The van der Waals surface area contributed by atoms with Gasteiger partial charge in [-0.3, -0.25) is 0 Å². The molecule has 0 bridgehead atoms. The molecular weight excluding hydrogens is 238 g/mol. The third kappa shape index (κ3) is 2.96. The minimum atomic E-state index is 0.692. The van der Waals surface area contributed by atoms with Crippen LogP contribution in [0.25, 0.3) is 0 Å². The number of nitrogens with zero attached hydrogens (tertiary/aromatic N) is 2. The van der Waals surface area contributed by atoms with Crippen LogP contribution in [0.5, 0.6) is 5.75 Å². The molecule has 0 atom stereocenters. The number of hydrogen-bond donors (Lipinski definition) is 1. The zero-order chi connectivity index (χ0) is 13.8. The van der Waals surface area contributed by atoms with E-state index in [2.05, 4.69) is 4.98 Å². The third-order valence-electron chi connectivity index (χ3n) is 2.99. The maximum absolute atomic E-state index is 6.01. The lowest BCUT2D eigenvalue weighted by Crippen LogP contribution is -2.19. The molecule has 4 heteroatoms. The van der Waals surface area contributed by atoms with E-state index in [-0.39, 0.29) is 0 Å². The second-order valence-corrected chi connectivity index (χ2v) is 4.59. The van der Waals surface area contributed by atoms with Gasteiger partial charge in [0.25, 0.3) is 0 Å². The van der Waals surface area contributed by atoms with E-state index in [1.165, 1.54) is 0 Å². The molecule has 0 fully saturated rings. The van der Waals surface area contributed by atoms with Crippen molar-refractivity contribution in [3.63, 3.8) is 0 Å². The van der Waals surface area contributed by atoms with Crippen molar-refractivity contribution < 1.29 is 4.74 Å². The molecule has 0 aliphatic heterocycles. The quantitative estimate of drug-likeness (QED) is 0.914. The summed E-state index contributed by atoms with van der Waals surface area (Å²) in [4.78, 5) is 6.41. The number of anilines is 2. The average Bonchev–Trinajstić information content (AvgIpc) is 2.39. The molecule has 2 N–H and O–H groups in total. The van der Waals surface area contributed by atoms with Gasteiger partial charge in [-0.15, -0.1) is 0 Å². The van der Waals surface area contributed by atoms with Crippen LogP contribution in [-0.2, 0) is 6.54 Å². The van der Waals surface area contributed by atoms with Crippen LogP contribution in [0.2, 0.25) is 0 Å². The van der Waals surface area contributed by atoms with E-state index in [1.54, 1.807) is 7.11 Å². The summed E-state index contributed by atoms with van der Waals surface area (Å²) in [6.45, 7) is 2.68. The van der Waals surface area contributed by atoms with Crippen LogP contribution in [-0.4, -0.2) is 19.1 Å². The topological polar surface area (TPSA) is 51.4 Å². The van der Waals surface area contributed by atoms with E-state index in [0.29, 0.717) is 12.2 Å². The Hall–Kier alpha value is -2.23. The van der Waals surface area contributed by atoms with E-state index in [0.717, 1.165) is 22.7 Å². The number of nitrogens with two attached hydrogens (primary N) is 1. The maximum atomic E-state index is 6.01. The van der Waals surface area contributed by atoms with Crippen LogP contribution < -0.4 is 15.4 Å². The average molecular weight is 257 g/mol. The lowest BCUT2D eigenvalue weighted by Gasteiger charge is -2.21. The normalized spacial score (nSPS) is 10.3. The summed E-state index contributed by atoms with van der Waals surface area (Å²) in [6, 6.07) is 9.88. The summed E-state index contributed by atoms with van der Waals surface area (Å²) in [6.07, 6.45) is 1.82. The molecule has 4 nitrogen and oxygen atoms in total. The highest BCUT2D eigenvalue weighted by atomic mass is 16.5. The van der Waals surface area contributed by atoms with Crippen molar-refractivity contribution >= 4 is 11.5 Å². The van der Waals surface area contributed by atoms with E-state index in [4.69, 9.17) is 10.5 Å². The Bertz CT molecular complexity index is 569. The first-order valence-corrected chi connectivity index (χ1v) is 6.17. The smallest absolute Gasteiger partial charge is 0.151 e. The van der Waals surface area contributed by atoms with Crippen LogP contribution in [0.15, 0.2) is 36.5 Å². The summed E-state index contributed by atoms with van der Waals surface area (Å²) < 4.78 is 5.35. The van der Waals surface area contributed by atoms with Gasteiger partial charge < -0.3 is 15.4 Å². The van der Waals surface area contributed by atoms with Crippen LogP contribution in [0.4, 0.5) is 11.5 Å². The van der Waals surface area contributed by atoms with Gasteiger partial charge in [-0.05, 0) is 24.6 Å². The fourth-order valence-electron chi connectivity index (χ4n) is 2.07. The van der Waals surface area contributed by atoms with Gasteiger partial charge in [-0.2, -0.15) is 0 Å². The van der Waals surface area contributed by atoms with Gasteiger partial charge in [-0.1, -0.05) is 18.2 Å². The zero-order valence-electron chi connectivity index (χ0n) is 11.6. The monoisotopic (exact) mass is 257 g/mol. The Morgan fingerprint density at radius 2 is 2.05 bits per heavy atom. The fraction of sp³-hybridized carbons (Fsp3) is 0.267. The van der Waals surface area contributed by atoms with Crippen molar-refractivity contribution in [3.05, 3.63) is 47.7 Å². The second kappa shape index (κ2) is 5.61. The first-order chi connectivity index (χ1) is 9.11. The predicted molar refractivity (Wildman–Crippen MR) is 78.5 cm³/mol. The molecule has 100 valence electrons. The van der Waals surface area contributed by atoms with Crippen molar-refractivity contribution in [1.82, 2.24) is 4.98 Å². The van der Waals surface area contributed by atoms with Crippen molar-refractivity contribution in [2.24, 2.45) is 0 Å². The minimum Gasteiger partial charge on any atom is -0.496 e. The summed E-state index contributed by atoms with van der Waals surface area (Å²) in [5, 5.41) is 0. The summed E-state index contributed by atoms with van der Waals surface area (Å²) in [5.74, 6) is 1.66. The molecule has 2 rings (SSSR count). The number of para-hydroxylation sites is 1. The van der Waals surface area contributed by atoms with Gasteiger partial charge in [0, 0.05) is 25.4 Å². The van der Waals surface area contributed by atoms with E-state index >= 15 is 0 Å². The Kier molecular flexibility index (Phi) is 3.90. The van der Waals surface area contributed by atoms with Gasteiger partial charge >= 0.3 is 0 Å². The van der Waals surface area contributed by atoms with Crippen LogP contribution in [0.1, 0.15) is 11.1 Å². The Balaban J connectivity index is 2.23. The Labute approximate surface area is 113 Å². The van der Waals surface area contributed by atoms with Crippen molar-refractivity contribution in [1.29, 1.82) is 0 Å². The first-order valence-electron chi connectivity index (χ1n) is 6.17. The Morgan fingerprint density at radius 1 is 1.32 bits per heavy atom. The number of benzene rings is 1. The molecule has 0 spiro atoms. The molecule has 0 aliphatic rings. The summed E-state index contributed by atoms with van der Waals surface area (Å²) in [7, 11) is 3.65. The second-order valence-electron chi connectivity index (χ2n) is 4.59. The van der Waals surface area contributed by atoms with Crippen molar-refractivity contribution in [3.8, 4) is 5.75 Å². The number of aromatic nitrogens is 1. The van der Waals surface area contributed by atoms with Crippen LogP contribution in [0, 0.1) is 6.92 Å². The van der Waals surface area contributed by atoms with Crippen LogP contribution >= 0.6 is 0 Å². The molecule has 1 aromatic heterocycles. The number of pyridine rings is 1. The highest BCUT2D eigenvalue weighted by Gasteiger charge is 2.10. The fourth-order valence-corrected chi connectivity index (χ4v) is 2.07. The number of ether oxygens (including phenoxy) is 1. The number of rotatable bonds is 4. The number of nitrogen functional groups attached to an aromatic ring is 1. The van der Waals surface area contributed by atoms with Crippen molar-refractivity contribution in [2.45, 2.75) is 13.5 Å². The predicted octanol–water partition coefficient (Wildman–Crippen LogP) is 2.62. The van der Waals surface area contributed by atoms with Gasteiger partial charge in [0.15, 0.2) is 5.82 Å². The highest BCUT2D eigenvalue weighted by Crippen LogP contribution is 2.24. The molecule has 0 saturated carbocycles. The maximum Gasteiger partial charge on any atom is 0.151 e. The van der Waals surface area contributed by atoms with Crippen molar-refractivity contribution in [2.75, 3.05) is 24.8 Å². The first kappa shape index (κ1) is 13.2. The molecule has 2 aromatic rings. The third-order valence-corrected chi connectivity index (χ3v) is 2.99. The molecule has 0 amide bonds. The van der Waals surface area contributed by atoms with Gasteiger partial charge in [0.2, 0.25) is 0 Å². The number of aryl methyl sites for hydroxylation is 1. The molecule has 0 radical (unpaired) electrons. The SMILES string of the molecule is COc1ccccc1CN(C)c1ncc(C)cc1N. The minimum absolute atomic E-state index is 0.692. The molecule has 1 heterocycles. The number of methoxy groups -OCH3 is 1. The molecule has 0 unspecified atom stereocenters. The molecule has 19 heavy (non-hydrogen) atoms. The molecule has 0 saturated heterocycles. The van der Waals surface area contributed by atoms with Crippen LogP contribution in [0.3, 0.4) is 0 Å². The highest BCUT2D eigenvalue weighted by molar-refractivity contribution is 5.63. The number of hydrogen-bond acceptors (Lipinski definition) is 4. The van der Waals surface area contributed by atoms with Gasteiger partial charge in [0.05, 0.1) is 12.8 Å². The summed E-state index contributed by atoms with van der Waals surface area (Å²) >= 11 is 0. The lowest BCUT2D eigenvalue weighted by atomic mass is 10.2. The molecule has 1 aromatic carbocycles. The molecule has 0 aliphatic carbocycles. The largest absolute Gasteiger partial charge is 0.496 e. The van der Waals surface area contributed by atoms with E-state index in [9.17, 15) is 0 Å². The van der Waals surface area contributed by atoms with E-state index < -0.39 is 0 Å². The zero-order valence-corrected chi connectivity index (χ0v) is 11.6. The standard InChI is InChI=1S/C15H19N3O/c1-11-8-13(16)15(17-9-11)18(2)10-12-6-4-5-7-14(12)19-3/h4-9H,10,16H2,1-3H3. The molecular formula is C15H19N3O. The lowest BCUT2D eigenvalue weighted by molar-refractivity contribution is 0.409. The Morgan fingerprint density at radius 3 is 2.74 bits per heavy atom. The summed E-state index contributed by atoms with van der Waals surface area (Å²) in [5.41, 5.74) is 8.87. The van der Waals surface area contributed by atoms with Gasteiger partial charge in [0.1, 0.15) is 5.75 Å². The van der Waals surface area contributed by atoms with Gasteiger partial charge in [-0.25, -0.2) is 4.98 Å².